The summed E-state index contributed by atoms with van der Waals surface area (Å²) in [5.41, 5.74) is 0.695. The molecule has 0 fully saturated rings. The van der Waals surface area contributed by atoms with Gasteiger partial charge in [-0.2, -0.15) is 0 Å². The minimum absolute atomic E-state index is 0.0378. The van der Waals surface area contributed by atoms with Crippen LogP contribution < -0.4 is 0 Å². The fourth-order valence-corrected chi connectivity index (χ4v) is 0.830. The van der Waals surface area contributed by atoms with Gasteiger partial charge in [0.1, 0.15) is 0 Å². The van der Waals surface area contributed by atoms with E-state index < -0.39 is 0 Å². The molecule has 0 spiro atoms. The van der Waals surface area contributed by atoms with Crippen molar-refractivity contribution in [3.8, 4) is 0 Å². The predicted octanol–water partition coefficient (Wildman–Crippen LogP) is 0.00920. The number of alkyl halides is 1. The van der Waals surface area contributed by atoms with Crippen molar-refractivity contribution in [2.24, 2.45) is 0 Å². The van der Waals surface area contributed by atoms with Gasteiger partial charge in [0.25, 0.3) is 0 Å². The van der Waals surface area contributed by atoms with Crippen molar-refractivity contribution >= 4 is 11.6 Å². The lowest BCUT2D eigenvalue weighted by molar-refractivity contribution is 0.268. The van der Waals surface area contributed by atoms with Crippen LogP contribution in [0.4, 0.5) is 0 Å². The standard InChI is InChI=1S/C5H8ClN3O/c6-1-2-9-5(4-10)3-7-8-9/h3,10H,1-2,4H2. The van der Waals surface area contributed by atoms with E-state index in [9.17, 15) is 0 Å². The van der Waals surface area contributed by atoms with Crippen molar-refractivity contribution in [1.82, 2.24) is 15.0 Å². The van der Waals surface area contributed by atoms with Crippen LogP contribution in [0.2, 0.25) is 0 Å². The predicted molar refractivity (Wildman–Crippen MR) is 36.7 cm³/mol. The van der Waals surface area contributed by atoms with Crippen molar-refractivity contribution in [1.29, 1.82) is 0 Å². The number of aryl methyl sites for hydroxylation is 1. The van der Waals surface area contributed by atoms with Crippen LogP contribution in [0.1, 0.15) is 5.69 Å². The monoisotopic (exact) mass is 161 g/mol. The van der Waals surface area contributed by atoms with Gasteiger partial charge in [-0.3, -0.25) is 0 Å². The third-order valence-electron chi connectivity index (χ3n) is 1.16. The second-order valence-corrected chi connectivity index (χ2v) is 2.17. The molecule has 0 aliphatic carbocycles. The molecule has 5 heteroatoms. The topological polar surface area (TPSA) is 50.9 Å². The SMILES string of the molecule is OCc1cnnn1CCCl. The molecule has 0 radical (unpaired) electrons. The van der Waals surface area contributed by atoms with Gasteiger partial charge in [0, 0.05) is 5.88 Å². The molecule has 0 saturated carbocycles. The van der Waals surface area contributed by atoms with Crippen LogP contribution in [0, 0.1) is 0 Å². The molecule has 0 bridgehead atoms. The lowest BCUT2D eigenvalue weighted by Gasteiger charge is -1.98. The van der Waals surface area contributed by atoms with Crippen LogP contribution in [-0.2, 0) is 13.2 Å². The molecular weight excluding hydrogens is 154 g/mol. The fourth-order valence-electron chi connectivity index (χ4n) is 0.670. The molecule has 1 heterocycles. The molecule has 1 rings (SSSR count). The fraction of sp³-hybridized carbons (Fsp3) is 0.600. The zero-order chi connectivity index (χ0) is 7.40. The molecular formula is C5H8ClN3O. The molecule has 0 amide bonds. The summed E-state index contributed by atoms with van der Waals surface area (Å²) in [5.74, 6) is 0.482. The minimum Gasteiger partial charge on any atom is -0.390 e. The molecule has 0 saturated heterocycles. The number of nitrogens with zero attached hydrogens (tertiary/aromatic N) is 3. The lowest BCUT2D eigenvalue weighted by Crippen LogP contribution is -2.05. The highest BCUT2D eigenvalue weighted by Gasteiger charge is 1.99. The minimum atomic E-state index is -0.0378. The van der Waals surface area contributed by atoms with Gasteiger partial charge >= 0.3 is 0 Å². The second kappa shape index (κ2) is 3.53. The Morgan fingerprint density at radius 1 is 1.70 bits per heavy atom. The van der Waals surface area contributed by atoms with Gasteiger partial charge in [0.2, 0.25) is 0 Å². The lowest BCUT2D eigenvalue weighted by atomic mass is 10.5. The van der Waals surface area contributed by atoms with Gasteiger partial charge in [-0.05, 0) is 0 Å². The summed E-state index contributed by atoms with van der Waals surface area (Å²) < 4.78 is 1.58. The first kappa shape index (κ1) is 7.50. The molecule has 1 N–H and O–H groups in total. The summed E-state index contributed by atoms with van der Waals surface area (Å²) in [7, 11) is 0. The van der Waals surface area contributed by atoms with Crippen molar-refractivity contribution in [2.75, 3.05) is 5.88 Å². The number of hydrogen-bond acceptors (Lipinski definition) is 3. The highest BCUT2D eigenvalue weighted by atomic mass is 35.5. The third-order valence-corrected chi connectivity index (χ3v) is 1.33. The van der Waals surface area contributed by atoms with E-state index >= 15 is 0 Å². The summed E-state index contributed by atoms with van der Waals surface area (Å²) in [5, 5.41) is 16.0. The van der Waals surface area contributed by atoms with Crippen LogP contribution in [0.15, 0.2) is 6.20 Å². The summed E-state index contributed by atoms with van der Waals surface area (Å²) in [6.07, 6.45) is 1.52. The molecule has 0 unspecified atom stereocenters. The van der Waals surface area contributed by atoms with Crippen molar-refractivity contribution in [3.63, 3.8) is 0 Å². The molecule has 4 nitrogen and oxygen atoms in total. The van der Waals surface area contributed by atoms with Gasteiger partial charge in [-0.15, -0.1) is 16.7 Å². The molecule has 0 aliphatic heterocycles. The van der Waals surface area contributed by atoms with Crippen molar-refractivity contribution < 1.29 is 5.11 Å². The molecule has 0 atom stereocenters. The zero-order valence-corrected chi connectivity index (χ0v) is 6.12. The summed E-state index contributed by atoms with van der Waals surface area (Å²) >= 11 is 5.45. The summed E-state index contributed by atoms with van der Waals surface area (Å²) in [6, 6.07) is 0. The third kappa shape index (κ3) is 1.46. The highest BCUT2D eigenvalue weighted by molar-refractivity contribution is 6.17. The van der Waals surface area contributed by atoms with Gasteiger partial charge in [0.15, 0.2) is 0 Å². The zero-order valence-electron chi connectivity index (χ0n) is 5.37. The maximum atomic E-state index is 8.69. The van der Waals surface area contributed by atoms with Crippen LogP contribution in [0.3, 0.4) is 0 Å². The van der Waals surface area contributed by atoms with E-state index in [0.29, 0.717) is 18.1 Å². The van der Waals surface area contributed by atoms with E-state index in [1.807, 2.05) is 0 Å². The summed E-state index contributed by atoms with van der Waals surface area (Å²) in [4.78, 5) is 0. The van der Waals surface area contributed by atoms with E-state index in [1.54, 1.807) is 4.68 Å². The van der Waals surface area contributed by atoms with E-state index in [1.165, 1.54) is 6.20 Å². The molecule has 1 aromatic rings. The maximum absolute atomic E-state index is 8.69. The number of aliphatic hydroxyl groups excluding tert-OH is 1. The van der Waals surface area contributed by atoms with E-state index in [4.69, 9.17) is 16.7 Å². The first-order valence-corrected chi connectivity index (χ1v) is 3.46. The highest BCUT2D eigenvalue weighted by Crippen LogP contribution is 1.95. The molecule has 56 valence electrons. The van der Waals surface area contributed by atoms with E-state index in [-0.39, 0.29) is 6.61 Å². The largest absolute Gasteiger partial charge is 0.390 e. The van der Waals surface area contributed by atoms with Crippen molar-refractivity contribution in [2.45, 2.75) is 13.2 Å². The number of rotatable bonds is 3. The molecule has 1 aromatic heterocycles. The summed E-state index contributed by atoms with van der Waals surface area (Å²) in [6.45, 7) is 0.557. The van der Waals surface area contributed by atoms with Gasteiger partial charge in [-0.1, -0.05) is 5.21 Å². The normalized spacial score (nSPS) is 10.2. The molecule has 10 heavy (non-hydrogen) atoms. The van der Waals surface area contributed by atoms with Gasteiger partial charge in [0.05, 0.1) is 25.0 Å². The Hall–Kier alpha value is -0.610. The Morgan fingerprint density at radius 3 is 3.10 bits per heavy atom. The Morgan fingerprint density at radius 2 is 2.50 bits per heavy atom. The number of aliphatic hydroxyl groups is 1. The van der Waals surface area contributed by atoms with Crippen LogP contribution >= 0.6 is 11.6 Å². The van der Waals surface area contributed by atoms with E-state index in [0.717, 1.165) is 0 Å². The van der Waals surface area contributed by atoms with Crippen molar-refractivity contribution in [3.05, 3.63) is 11.9 Å². The first-order chi connectivity index (χ1) is 4.88. The molecule has 0 aliphatic rings. The Labute approximate surface area is 63.4 Å². The Balaban J connectivity index is 2.70. The average Bonchev–Trinajstić information content (AvgIpc) is 2.36. The Kier molecular flexibility index (Phi) is 2.65. The second-order valence-electron chi connectivity index (χ2n) is 1.80. The number of hydrogen-bond donors (Lipinski definition) is 1. The smallest absolute Gasteiger partial charge is 0.0866 e. The van der Waals surface area contributed by atoms with Crippen LogP contribution in [0.5, 0.6) is 0 Å². The number of aromatic nitrogens is 3. The van der Waals surface area contributed by atoms with Crippen LogP contribution in [0.25, 0.3) is 0 Å². The maximum Gasteiger partial charge on any atom is 0.0866 e. The van der Waals surface area contributed by atoms with E-state index in [2.05, 4.69) is 10.3 Å². The van der Waals surface area contributed by atoms with Crippen LogP contribution in [-0.4, -0.2) is 26.0 Å². The quantitative estimate of drug-likeness (QED) is 0.636. The van der Waals surface area contributed by atoms with Gasteiger partial charge < -0.3 is 5.11 Å². The molecule has 0 aromatic carbocycles. The average molecular weight is 162 g/mol. The first-order valence-electron chi connectivity index (χ1n) is 2.92. The van der Waals surface area contributed by atoms with Gasteiger partial charge in [-0.25, -0.2) is 4.68 Å². The number of halogens is 1. The Bertz CT molecular complexity index is 201.